The van der Waals surface area contributed by atoms with Crippen molar-refractivity contribution >= 4 is 23.3 Å². The molecule has 2 aromatic rings. The summed E-state index contributed by atoms with van der Waals surface area (Å²) in [5, 5.41) is 8.36. The number of azo groups is 1. The van der Waals surface area contributed by atoms with E-state index in [4.69, 9.17) is 0 Å². The van der Waals surface area contributed by atoms with Gasteiger partial charge in [0.2, 0.25) is 0 Å². The van der Waals surface area contributed by atoms with E-state index in [0.29, 0.717) is 0 Å². The molecule has 0 bridgehead atoms. The minimum atomic E-state index is 0.825. The van der Waals surface area contributed by atoms with Crippen molar-refractivity contribution in [1.82, 2.24) is 0 Å². The lowest BCUT2D eigenvalue weighted by Gasteiger charge is -1.95. The fourth-order valence-electron chi connectivity index (χ4n) is 1.48. The SMILES string of the molecule is CC=Nc1ccc(N=Nc2ccc(C)cc2)cc1. The molecule has 0 saturated carbocycles. The van der Waals surface area contributed by atoms with Gasteiger partial charge in [-0.2, -0.15) is 10.2 Å². The molecule has 2 aromatic carbocycles. The number of nitrogens with zero attached hydrogens (tertiary/aromatic N) is 3. The molecular weight excluding hydrogens is 222 g/mol. The van der Waals surface area contributed by atoms with E-state index in [1.165, 1.54) is 5.56 Å². The van der Waals surface area contributed by atoms with Crippen LogP contribution in [0.4, 0.5) is 17.1 Å². The Labute approximate surface area is 107 Å². The Kier molecular flexibility index (Phi) is 3.97. The Hall–Kier alpha value is -2.29. The number of rotatable bonds is 3. The maximum atomic E-state index is 4.18. The van der Waals surface area contributed by atoms with E-state index in [1.54, 1.807) is 6.21 Å². The molecule has 0 aromatic heterocycles. The first kappa shape index (κ1) is 12.2. The summed E-state index contributed by atoms with van der Waals surface area (Å²) >= 11 is 0. The molecule has 0 aliphatic rings. The highest BCUT2D eigenvalue weighted by molar-refractivity contribution is 5.61. The van der Waals surface area contributed by atoms with Crippen molar-refractivity contribution < 1.29 is 0 Å². The van der Waals surface area contributed by atoms with E-state index in [9.17, 15) is 0 Å². The van der Waals surface area contributed by atoms with E-state index in [2.05, 4.69) is 15.2 Å². The van der Waals surface area contributed by atoms with Crippen LogP contribution in [-0.2, 0) is 0 Å². The average Bonchev–Trinajstić information content (AvgIpc) is 2.40. The molecule has 90 valence electrons. The molecule has 2 rings (SSSR count). The number of benzene rings is 2. The second kappa shape index (κ2) is 5.87. The van der Waals surface area contributed by atoms with E-state index in [1.807, 2.05) is 62.4 Å². The zero-order valence-corrected chi connectivity index (χ0v) is 10.5. The number of aliphatic imine (C=N–C) groups is 1. The summed E-state index contributed by atoms with van der Waals surface area (Å²) in [5.74, 6) is 0. The summed E-state index contributed by atoms with van der Waals surface area (Å²) in [4.78, 5) is 4.18. The summed E-state index contributed by atoms with van der Waals surface area (Å²) in [6, 6.07) is 15.6. The first-order valence-electron chi connectivity index (χ1n) is 5.85. The van der Waals surface area contributed by atoms with Gasteiger partial charge in [0, 0.05) is 6.21 Å². The molecule has 0 amide bonds. The Bertz CT molecular complexity index is 551. The van der Waals surface area contributed by atoms with Crippen LogP contribution in [0.5, 0.6) is 0 Å². The number of hydrogen-bond acceptors (Lipinski definition) is 3. The normalized spacial score (nSPS) is 11.4. The lowest BCUT2D eigenvalue weighted by atomic mass is 10.2. The Balaban J connectivity index is 2.11. The van der Waals surface area contributed by atoms with Crippen LogP contribution in [-0.4, -0.2) is 6.21 Å². The van der Waals surface area contributed by atoms with Crippen molar-refractivity contribution in [1.29, 1.82) is 0 Å². The van der Waals surface area contributed by atoms with Crippen LogP contribution in [0.3, 0.4) is 0 Å². The largest absolute Gasteiger partial charge is 0.262 e. The van der Waals surface area contributed by atoms with Gasteiger partial charge in [-0.1, -0.05) is 17.7 Å². The second-order valence-corrected chi connectivity index (χ2v) is 3.94. The summed E-state index contributed by atoms with van der Waals surface area (Å²) < 4.78 is 0. The molecule has 0 fully saturated rings. The van der Waals surface area contributed by atoms with Crippen LogP contribution in [0.25, 0.3) is 0 Å². The van der Waals surface area contributed by atoms with Gasteiger partial charge in [-0.25, -0.2) is 0 Å². The van der Waals surface area contributed by atoms with Crippen molar-refractivity contribution in [2.45, 2.75) is 13.8 Å². The maximum absolute atomic E-state index is 4.18. The van der Waals surface area contributed by atoms with E-state index in [-0.39, 0.29) is 0 Å². The smallest absolute Gasteiger partial charge is 0.0858 e. The summed E-state index contributed by atoms with van der Waals surface area (Å²) in [6.07, 6.45) is 1.77. The topological polar surface area (TPSA) is 37.1 Å². The molecule has 0 saturated heterocycles. The molecule has 3 nitrogen and oxygen atoms in total. The molecular formula is C15H15N3. The summed E-state index contributed by atoms with van der Waals surface area (Å²) in [5.41, 5.74) is 3.82. The predicted molar refractivity (Wildman–Crippen MR) is 75.6 cm³/mol. The standard InChI is InChI=1S/C15H15N3/c1-3-16-13-8-10-15(11-9-13)18-17-14-6-4-12(2)5-7-14/h3-11H,1-2H3. The van der Waals surface area contributed by atoms with Crippen LogP contribution < -0.4 is 0 Å². The van der Waals surface area contributed by atoms with Crippen molar-refractivity contribution in [3.63, 3.8) is 0 Å². The van der Waals surface area contributed by atoms with Crippen LogP contribution in [0.1, 0.15) is 12.5 Å². The molecule has 0 aliphatic carbocycles. The fraction of sp³-hybridized carbons (Fsp3) is 0.133. The summed E-state index contributed by atoms with van der Waals surface area (Å²) in [7, 11) is 0. The van der Waals surface area contributed by atoms with Gasteiger partial charge < -0.3 is 0 Å². The third kappa shape index (κ3) is 3.35. The van der Waals surface area contributed by atoms with Gasteiger partial charge >= 0.3 is 0 Å². The van der Waals surface area contributed by atoms with Crippen molar-refractivity contribution in [2.75, 3.05) is 0 Å². The molecule has 0 atom stereocenters. The molecule has 0 N–H and O–H groups in total. The van der Waals surface area contributed by atoms with Gasteiger partial charge in [0.25, 0.3) is 0 Å². The van der Waals surface area contributed by atoms with Gasteiger partial charge in [-0.05, 0) is 50.2 Å². The maximum Gasteiger partial charge on any atom is 0.0858 e. The van der Waals surface area contributed by atoms with Crippen LogP contribution >= 0.6 is 0 Å². The van der Waals surface area contributed by atoms with Crippen LogP contribution in [0.15, 0.2) is 63.8 Å². The van der Waals surface area contributed by atoms with Gasteiger partial charge in [-0.3, -0.25) is 4.99 Å². The molecule has 0 radical (unpaired) electrons. The predicted octanol–water partition coefficient (Wildman–Crippen LogP) is 5.13. The monoisotopic (exact) mass is 237 g/mol. The van der Waals surface area contributed by atoms with E-state index in [0.717, 1.165) is 17.1 Å². The second-order valence-electron chi connectivity index (χ2n) is 3.94. The van der Waals surface area contributed by atoms with Crippen LogP contribution in [0, 0.1) is 6.92 Å². The lowest BCUT2D eigenvalue weighted by molar-refractivity contribution is 1.23. The molecule has 0 unspecified atom stereocenters. The molecule has 18 heavy (non-hydrogen) atoms. The van der Waals surface area contributed by atoms with Crippen molar-refractivity contribution in [2.24, 2.45) is 15.2 Å². The van der Waals surface area contributed by atoms with Gasteiger partial charge in [0.15, 0.2) is 0 Å². The third-order valence-electron chi connectivity index (χ3n) is 2.44. The molecule has 0 spiro atoms. The highest BCUT2D eigenvalue weighted by atomic mass is 15.1. The average molecular weight is 237 g/mol. The molecule has 0 heterocycles. The molecule has 3 heteroatoms. The number of hydrogen-bond donors (Lipinski definition) is 0. The first-order chi connectivity index (χ1) is 8.78. The van der Waals surface area contributed by atoms with Gasteiger partial charge in [0.1, 0.15) is 0 Å². The fourth-order valence-corrected chi connectivity index (χ4v) is 1.48. The Morgan fingerprint density at radius 3 is 1.67 bits per heavy atom. The lowest BCUT2D eigenvalue weighted by Crippen LogP contribution is -1.69. The highest BCUT2D eigenvalue weighted by Crippen LogP contribution is 2.21. The first-order valence-corrected chi connectivity index (χ1v) is 5.85. The zero-order valence-electron chi connectivity index (χ0n) is 10.5. The minimum Gasteiger partial charge on any atom is -0.262 e. The van der Waals surface area contributed by atoms with Gasteiger partial charge in [0.05, 0.1) is 17.1 Å². The van der Waals surface area contributed by atoms with Crippen molar-refractivity contribution in [3.05, 3.63) is 54.1 Å². The van der Waals surface area contributed by atoms with E-state index >= 15 is 0 Å². The highest BCUT2D eigenvalue weighted by Gasteiger charge is 1.92. The zero-order chi connectivity index (χ0) is 12.8. The van der Waals surface area contributed by atoms with E-state index < -0.39 is 0 Å². The molecule has 0 aliphatic heterocycles. The Morgan fingerprint density at radius 1 is 0.722 bits per heavy atom. The quantitative estimate of drug-likeness (QED) is 0.524. The number of aryl methyl sites for hydroxylation is 1. The Morgan fingerprint density at radius 2 is 1.17 bits per heavy atom. The van der Waals surface area contributed by atoms with Gasteiger partial charge in [-0.15, -0.1) is 0 Å². The van der Waals surface area contributed by atoms with Crippen molar-refractivity contribution in [3.8, 4) is 0 Å². The van der Waals surface area contributed by atoms with Crippen LogP contribution in [0.2, 0.25) is 0 Å². The third-order valence-corrected chi connectivity index (χ3v) is 2.44. The summed E-state index contributed by atoms with van der Waals surface area (Å²) in [6.45, 7) is 3.94. The minimum absolute atomic E-state index is 0.825.